The lowest BCUT2D eigenvalue weighted by Crippen LogP contribution is -2.55. The van der Waals surface area contributed by atoms with Crippen molar-refractivity contribution in [2.24, 2.45) is 5.92 Å². The topological polar surface area (TPSA) is 77.1 Å². The molecule has 0 spiro atoms. The Bertz CT molecular complexity index is 1140. The first-order chi connectivity index (χ1) is 17.1. The van der Waals surface area contributed by atoms with E-state index in [1.54, 1.807) is 22.9 Å². The highest BCUT2D eigenvalue weighted by Crippen LogP contribution is 2.48. The number of pyridine rings is 1. The highest BCUT2D eigenvalue weighted by Gasteiger charge is 2.49. The van der Waals surface area contributed by atoms with Gasteiger partial charge in [0, 0.05) is 56.8 Å². The Kier molecular flexibility index (Phi) is 5.88. The van der Waals surface area contributed by atoms with Crippen molar-refractivity contribution in [3.8, 4) is 0 Å². The molecule has 0 N–H and O–H groups in total. The summed E-state index contributed by atoms with van der Waals surface area (Å²) < 4.78 is 0. The Balaban J connectivity index is 1.08. The molecule has 4 aliphatic heterocycles. The van der Waals surface area contributed by atoms with Crippen LogP contribution in [0.1, 0.15) is 34.1 Å². The summed E-state index contributed by atoms with van der Waals surface area (Å²) >= 11 is 1.66. The van der Waals surface area contributed by atoms with E-state index in [4.69, 9.17) is 0 Å². The number of likely N-dealkylation sites (tertiary alicyclic amines) is 1. The van der Waals surface area contributed by atoms with Crippen LogP contribution in [0.2, 0.25) is 0 Å². The third-order valence-corrected chi connectivity index (χ3v) is 8.93. The van der Waals surface area contributed by atoms with Gasteiger partial charge in [-0.25, -0.2) is 4.98 Å². The minimum Gasteiger partial charge on any atom is -0.353 e. The number of carbonyl (C=O) groups excluding carboxylic acids is 3. The Hall–Kier alpha value is -3.07. The van der Waals surface area contributed by atoms with Gasteiger partial charge in [-0.2, -0.15) is 0 Å². The number of aromatic nitrogens is 1. The van der Waals surface area contributed by atoms with Gasteiger partial charge in [-0.3, -0.25) is 14.4 Å². The first-order valence-corrected chi connectivity index (χ1v) is 13.4. The number of piperazine rings is 1. The van der Waals surface area contributed by atoms with Crippen LogP contribution < -0.4 is 4.90 Å². The third kappa shape index (κ3) is 3.95. The summed E-state index contributed by atoms with van der Waals surface area (Å²) in [6, 6.07) is 13.1. The van der Waals surface area contributed by atoms with Gasteiger partial charge < -0.3 is 19.6 Å². The molecule has 2 aromatic rings. The zero-order chi connectivity index (χ0) is 23.9. The molecule has 3 fully saturated rings. The molecule has 182 valence electrons. The van der Waals surface area contributed by atoms with Crippen molar-refractivity contribution in [1.82, 2.24) is 19.7 Å². The summed E-state index contributed by atoms with van der Waals surface area (Å²) in [5, 5.41) is -0.0785. The summed E-state index contributed by atoms with van der Waals surface area (Å²) in [5.74, 6) is 1.45. The number of benzene rings is 1. The monoisotopic (exact) mass is 491 g/mol. The number of hydrogen-bond acceptors (Lipinski definition) is 6. The van der Waals surface area contributed by atoms with Crippen molar-refractivity contribution in [2.45, 2.75) is 24.3 Å². The van der Waals surface area contributed by atoms with Crippen LogP contribution in [0, 0.1) is 5.92 Å². The van der Waals surface area contributed by atoms with Gasteiger partial charge in [0.1, 0.15) is 17.2 Å². The maximum Gasteiger partial charge on any atom is 0.256 e. The van der Waals surface area contributed by atoms with Gasteiger partial charge in [-0.1, -0.05) is 24.3 Å². The number of piperidine rings is 1. The molecule has 3 atom stereocenters. The fourth-order valence-electron chi connectivity index (χ4n) is 5.78. The van der Waals surface area contributed by atoms with Crippen molar-refractivity contribution < 1.29 is 14.4 Å². The molecular weight excluding hydrogens is 462 g/mol. The highest BCUT2D eigenvalue weighted by atomic mass is 32.2. The van der Waals surface area contributed by atoms with Crippen molar-refractivity contribution in [1.29, 1.82) is 0 Å². The minimum atomic E-state index is -0.458. The molecule has 0 aliphatic carbocycles. The number of thioether (sulfide) groups is 1. The van der Waals surface area contributed by atoms with Crippen LogP contribution in [0.15, 0.2) is 48.7 Å². The molecular formula is C26H29N5O3S. The average molecular weight is 492 g/mol. The quantitative estimate of drug-likeness (QED) is 0.656. The number of amides is 3. The Morgan fingerprint density at radius 1 is 0.914 bits per heavy atom. The molecule has 0 saturated carbocycles. The predicted molar refractivity (Wildman–Crippen MR) is 134 cm³/mol. The molecule has 8 nitrogen and oxygen atoms in total. The van der Waals surface area contributed by atoms with Crippen LogP contribution in [0.25, 0.3) is 0 Å². The molecule has 0 bridgehead atoms. The lowest BCUT2D eigenvalue weighted by atomic mass is 9.95. The zero-order valence-electron chi connectivity index (χ0n) is 19.6. The van der Waals surface area contributed by atoms with E-state index in [1.807, 2.05) is 52.3 Å². The molecule has 6 rings (SSSR count). The number of fused-ring (bicyclic) bond motifs is 3. The zero-order valence-corrected chi connectivity index (χ0v) is 20.4. The van der Waals surface area contributed by atoms with Crippen LogP contribution in [0.5, 0.6) is 0 Å². The number of carbonyl (C=O) groups is 3. The fraction of sp³-hybridized carbons (Fsp3) is 0.462. The summed E-state index contributed by atoms with van der Waals surface area (Å²) in [4.78, 5) is 52.1. The van der Waals surface area contributed by atoms with E-state index in [-0.39, 0.29) is 29.0 Å². The summed E-state index contributed by atoms with van der Waals surface area (Å²) in [6.45, 7) is 3.95. The third-order valence-electron chi connectivity index (χ3n) is 7.62. The molecule has 1 aromatic heterocycles. The molecule has 4 aliphatic rings. The van der Waals surface area contributed by atoms with E-state index in [0.29, 0.717) is 37.5 Å². The van der Waals surface area contributed by atoms with Crippen LogP contribution >= 0.6 is 11.8 Å². The van der Waals surface area contributed by atoms with Gasteiger partial charge in [0.25, 0.3) is 5.91 Å². The lowest BCUT2D eigenvalue weighted by Gasteiger charge is -2.40. The Morgan fingerprint density at radius 3 is 2.51 bits per heavy atom. The van der Waals surface area contributed by atoms with Gasteiger partial charge in [0.05, 0.1) is 5.92 Å². The van der Waals surface area contributed by atoms with Gasteiger partial charge in [-0.05, 0) is 36.6 Å². The maximum absolute atomic E-state index is 13.6. The number of rotatable bonds is 3. The molecule has 1 aromatic carbocycles. The summed E-state index contributed by atoms with van der Waals surface area (Å²) in [6.07, 6.45) is 3.41. The summed E-state index contributed by atoms with van der Waals surface area (Å²) in [7, 11) is 0. The first kappa shape index (κ1) is 22.4. The molecule has 9 heteroatoms. The lowest BCUT2D eigenvalue weighted by molar-refractivity contribution is -0.142. The fourth-order valence-corrected chi connectivity index (χ4v) is 7.23. The van der Waals surface area contributed by atoms with E-state index in [0.717, 1.165) is 37.3 Å². The SMILES string of the molecule is O=C([C@@H]1CCCN(C(=O)[C@@H]2CS[C@@H]3c4ccccc4C(=O)N32)C1)N1CCN(c2ccccn2)CC1. The Labute approximate surface area is 209 Å². The van der Waals surface area contributed by atoms with Gasteiger partial charge in [0.15, 0.2) is 0 Å². The van der Waals surface area contributed by atoms with Crippen LogP contribution in [0.3, 0.4) is 0 Å². The number of hydrogen-bond donors (Lipinski definition) is 0. The van der Waals surface area contributed by atoms with Gasteiger partial charge in [-0.15, -0.1) is 11.8 Å². The molecule has 5 heterocycles. The van der Waals surface area contributed by atoms with E-state index >= 15 is 0 Å². The van der Waals surface area contributed by atoms with Crippen LogP contribution in [-0.4, -0.2) is 88.5 Å². The smallest absolute Gasteiger partial charge is 0.256 e. The van der Waals surface area contributed by atoms with Gasteiger partial charge in [0.2, 0.25) is 11.8 Å². The Morgan fingerprint density at radius 2 is 1.71 bits per heavy atom. The van der Waals surface area contributed by atoms with Crippen LogP contribution in [-0.2, 0) is 9.59 Å². The van der Waals surface area contributed by atoms with E-state index < -0.39 is 6.04 Å². The molecule has 0 radical (unpaired) electrons. The van der Waals surface area contributed by atoms with Crippen molar-refractivity contribution in [3.05, 3.63) is 59.8 Å². The van der Waals surface area contributed by atoms with Crippen molar-refractivity contribution in [2.75, 3.05) is 49.9 Å². The van der Waals surface area contributed by atoms with Crippen LogP contribution in [0.4, 0.5) is 5.82 Å². The molecule has 35 heavy (non-hydrogen) atoms. The number of nitrogens with zero attached hydrogens (tertiary/aromatic N) is 5. The first-order valence-electron chi connectivity index (χ1n) is 12.4. The molecule has 3 saturated heterocycles. The molecule has 3 amide bonds. The predicted octanol–water partition coefficient (Wildman–Crippen LogP) is 2.24. The second-order valence-corrected chi connectivity index (χ2v) is 10.7. The average Bonchev–Trinajstić information content (AvgIpc) is 3.48. The van der Waals surface area contributed by atoms with Crippen molar-refractivity contribution >= 4 is 35.3 Å². The number of anilines is 1. The second kappa shape index (κ2) is 9.18. The molecule has 0 unspecified atom stereocenters. The van der Waals surface area contributed by atoms with Gasteiger partial charge >= 0.3 is 0 Å². The van der Waals surface area contributed by atoms with E-state index in [9.17, 15) is 14.4 Å². The maximum atomic E-state index is 13.6. The van der Waals surface area contributed by atoms with Crippen molar-refractivity contribution in [3.63, 3.8) is 0 Å². The second-order valence-electron chi connectivity index (χ2n) is 9.62. The largest absolute Gasteiger partial charge is 0.353 e. The van der Waals surface area contributed by atoms with E-state index in [1.165, 1.54) is 0 Å². The summed E-state index contributed by atoms with van der Waals surface area (Å²) in [5.41, 5.74) is 1.72. The van der Waals surface area contributed by atoms with E-state index in [2.05, 4.69) is 9.88 Å². The normalized spacial score (nSPS) is 26.1. The minimum absolute atomic E-state index is 0.0152. The standard InChI is InChI=1S/C26H29N5O3S/c32-23(29-14-12-28(13-15-29)22-9-3-4-10-27-22)18-6-5-11-30(16-18)25(34)21-17-35-26-20-8-2-1-7-19(20)24(33)31(21)26/h1-4,7-10,18,21,26H,5-6,11-17H2/t18-,21+,26-/m1/s1. The highest BCUT2D eigenvalue weighted by molar-refractivity contribution is 7.99.